The fraction of sp³-hybridized carbons (Fsp3) is 0.389. The van der Waals surface area contributed by atoms with Crippen LogP contribution in [0.15, 0.2) is 24.5 Å². The quantitative estimate of drug-likeness (QED) is 0.835. The smallest absolute Gasteiger partial charge is 0.260 e. The van der Waals surface area contributed by atoms with E-state index >= 15 is 0 Å². The Morgan fingerprint density at radius 2 is 1.92 bits per heavy atom. The van der Waals surface area contributed by atoms with Crippen molar-refractivity contribution in [2.75, 3.05) is 38.2 Å². The lowest BCUT2D eigenvalue weighted by Gasteiger charge is -2.35. The molecule has 2 heterocycles. The number of carbonyl (C=O) groups is 1. The molecule has 1 fully saturated rings. The van der Waals surface area contributed by atoms with Crippen LogP contribution < -0.4 is 9.64 Å². The molecule has 8 heteroatoms. The Labute approximate surface area is 150 Å². The fourth-order valence-corrected chi connectivity index (χ4v) is 2.95. The second-order valence-electron chi connectivity index (χ2n) is 5.94. The summed E-state index contributed by atoms with van der Waals surface area (Å²) in [5.74, 6) is -1.99. The molecule has 6 nitrogen and oxygen atoms in total. The monoisotopic (exact) mass is 362 g/mol. The topological polar surface area (TPSA) is 58.6 Å². The lowest BCUT2D eigenvalue weighted by Crippen LogP contribution is -2.49. The number of piperazine rings is 1. The van der Waals surface area contributed by atoms with Crippen molar-refractivity contribution in [1.82, 2.24) is 14.9 Å². The number of halogens is 2. The zero-order valence-corrected chi connectivity index (χ0v) is 14.7. The van der Waals surface area contributed by atoms with E-state index in [2.05, 4.69) is 9.97 Å². The molecule has 0 unspecified atom stereocenters. The van der Waals surface area contributed by atoms with Gasteiger partial charge in [-0.2, -0.15) is 0 Å². The van der Waals surface area contributed by atoms with Gasteiger partial charge in [0.1, 0.15) is 23.5 Å². The standard InChI is InChI=1S/C18H20F2N4O2/c1-3-12-10-15(22-11-21-12)23-6-8-24(9-7-23)18(25)16-14(26-2)5-4-13(19)17(16)20/h4-5,10-11H,3,6-9H2,1-2H3. The van der Waals surface area contributed by atoms with E-state index in [9.17, 15) is 13.6 Å². The highest BCUT2D eigenvalue weighted by molar-refractivity contribution is 5.97. The summed E-state index contributed by atoms with van der Waals surface area (Å²) in [6, 6.07) is 4.13. The summed E-state index contributed by atoms with van der Waals surface area (Å²) in [6.45, 7) is 3.87. The summed E-state index contributed by atoms with van der Waals surface area (Å²) in [4.78, 5) is 24.7. The van der Waals surface area contributed by atoms with Gasteiger partial charge in [-0.15, -0.1) is 0 Å². The molecule has 1 aliphatic heterocycles. The molecule has 0 spiro atoms. The van der Waals surface area contributed by atoms with Crippen molar-refractivity contribution in [1.29, 1.82) is 0 Å². The van der Waals surface area contributed by atoms with E-state index < -0.39 is 17.5 Å². The number of aromatic nitrogens is 2. The van der Waals surface area contributed by atoms with Crippen molar-refractivity contribution in [3.8, 4) is 5.75 Å². The maximum absolute atomic E-state index is 14.1. The maximum Gasteiger partial charge on any atom is 0.260 e. The maximum atomic E-state index is 14.1. The van der Waals surface area contributed by atoms with Gasteiger partial charge in [0.15, 0.2) is 11.6 Å². The summed E-state index contributed by atoms with van der Waals surface area (Å²) >= 11 is 0. The van der Waals surface area contributed by atoms with Crippen LogP contribution in [0.3, 0.4) is 0 Å². The molecule has 3 rings (SSSR count). The highest BCUT2D eigenvalue weighted by Crippen LogP contribution is 2.26. The Hall–Kier alpha value is -2.77. The van der Waals surface area contributed by atoms with Crippen LogP contribution in [0.4, 0.5) is 14.6 Å². The molecule has 1 saturated heterocycles. The van der Waals surface area contributed by atoms with Crippen LogP contribution >= 0.6 is 0 Å². The first kappa shape index (κ1) is 18.0. The number of nitrogens with zero attached hydrogens (tertiary/aromatic N) is 4. The molecule has 1 aromatic carbocycles. The Bertz CT molecular complexity index is 808. The fourth-order valence-electron chi connectivity index (χ4n) is 2.95. The van der Waals surface area contributed by atoms with Gasteiger partial charge in [0.05, 0.1) is 7.11 Å². The van der Waals surface area contributed by atoms with E-state index in [1.165, 1.54) is 24.4 Å². The first-order chi connectivity index (χ1) is 12.5. The number of amides is 1. The molecular formula is C18H20F2N4O2. The minimum atomic E-state index is -1.18. The molecular weight excluding hydrogens is 342 g/mol. The number of rotatable bonds is 4. The van der Waals surface area contributed by atoms with Gasteiger partial charge >= 0.3 is 0 Å². The molecule has 0 saturated carbocycles. The predicted molar refractivity (Wildman–Crippen MR) is 92.4 cm³/mol. The minimum absolute atomic E-state index is 0.0275. The van der Waals surface area contributed by atoms with Gasteiger partial charge < -0.3 is 14.5 Å². The molecule has 0 atom stereocenters. The summed E-state index contributed by atoms with van der Waals surface area (Å²) in [5.41, 5.74) is 0.580. The number of hydrogen-bond acceptors (Lipinski definition) is 5. The Morgan fingerprint density at radius 3 is 2.58 bits per heavy atom. The van der Waals surface area contributed by atoms with E-state index in [1.54, 1.807) is 0 Å². The largest absolute Gasteiger partial charge is 0.496 e. The van der Waals surface area contributed by atoms with Crippen LogP contribution in [0, 0.1) is 11.6 Å². The zero-order chi connectivity index (χ0) is 18.7. The summed E-state index contributed by atoms with van der Waals surface area (Å²) in [7, 11) is 1.32. The highest BCUT2D eigenvalue weighted by atomic mass is 19.2. The van der Waals surface area contributed by atoms with Crippen LogP contribution in [0.2, 0.25) is 0 Å². The third-order valence-corrected chi connectivity index (χ3v) is 4.45. The van der Waals surface area contributed by atoms with Gasteiger partial charge in [-0.3, -0.25) is 4.79 Å². The number of aryl methyl sites for hydroxylation is 1. The molecule has 0 aliphatic carbocycles. The normalized spacial score (nSPS) is 14.5. The van der Waals surface area contributed by atoms with Crippen molar-refractivity contribution in [3.05, 3.63) is 47.4 Å². The van der Waals surface area contributed by atoms with E-state index in [0.29, 0.717) is 26.2 Å². The average Bonchev–Trinajstić information content (AvgIpc) is 2.69. The molecule has 2 aromatic rings. The zero-order valence-electron chi connectivity index (χ0n) is 14.7. The van der Waals surface area contributed by atoms with E-state index in [1.807, 2.05) is 17.9 Å². The van der Waals surface area contributed by atoms with Crippen LogP contribution in [0.5, 0.6) is 5.75 Å². The lowest BCUT2D eigenvalue weighted by molar-refractivity contribution is 0.0737. The number of carbonyl (C=O) groups excluding carboxylic acids is 1. The van der Waals surface area contributed by atoms with E-state index in [4.69, 9.17) is 4.74 Å². The first-order valence-corrected chi connectivity index (χ1v) is 8.42. The Balaban J connectivity index is 1.74. The van der Waals surface area contributed by atoms with Gasteiger partial charge in [-0.05, 0) is 18.6 Å². The predicted octanol–water partition coefficient (Wildman–Crippen LogP) is 2.29. The van der Waals surface area contributed by atoms with Crippen molar-refractivity contribution < 1.29 is 18.3 Å². The SMILES string of the molecule is CCc1cc(N2CCN(C(=O)c3c(OC)ccc(F)c3F)CC2)ncn1. The number of hydrogen-bond donors (Lipinski definition) is 0. The highest BCUT2D eigenvalue weighted by Gasteiger charge is 2.28. The van der Waals surface area contributed by atoms with Crippen LogP contribution in [-0.4, -0.2) is 54.1 Å². The number of benzene rings is 1. The summed E-state index contributed by atoms with van der Waals surface area (Å²) < 4.78 is 32.7. The molecule has 0 bridgehead atoms. The Kier molecular flexibility index (Phi) is 5.29. The van der Waals surface area contributed by atoms with Gasteiger partial charge in [0.25, 0.3) is 5.91 Å². The molecule has 1 amide bonds. The van der Waals surface area contributed by atoms with Crippen molar-refractivity contribution in [2.45, 2.75) is 13.3 Å². The molecule has 1 aliphatic rings. The summed E-state index contributed by atoms with van der Waals surface area (Å²) in [5, 5.41) is 0. The van der Waals surface area contributed by atoms with Gasteiger partial charge in [-0.1, -0.05) is 6.92 Å². The van der Waals surface area contributed by atoms with Gasteiger partial charge in [-0.25, -0.2) is 18.7 Å². The second kappa shape index (κ2) is 7.63. The minimum Gasteiger partial charge on any atom is -0.496 e. The lowest BCUT2D eigenvalue weighted by atomic mass is 10.1. The van der Waals surface area contributed by atoms with Crippen molar-refractivity contribution >= 4 is 11.7 Å². The summed E-state index contributed by atoms with van der Waals surface area (Å²) in [6.07, 6.45) is 2.34. The number of methoxy groups -OCH3 is 1. The van der Waals surface area contributed by atoms with E-state index in [-0.39, 0.29) is 11.3 Å². The number of ether oxygens (including phenoxy) is 1. The average molecular weight is 362 g/mol. The van der Waals surface area contributed by atoms with Crippen LogP contribution in [0.25, 0.3) is 0 Å². The molecule has 1 aromatic heterocycles. The first-order valence-electron chi connectivity index (χ1n) is 8.42. The Morgan fingerprint density at radius 1 is 1.19 bits per heavy atom. The molecule has 138 valence electrons. The molecule has 0 N–H and O–H groups in total. The number of anilines is 1. The van der Waals surface area contributed by atoms with Crippen LogP contribution in [-0.2, 0) is 6.42 Å². The second-order valence-corrected chi connectivity index (χ2v) is 5.94. The van der Waals surface area contributed by atoms with Gasteiger partial charge in [0.2, 0.25) is 0 Å². The molecule has 26 heavy (non-hydrogen) atoms. The van der Waals surface area contributed by atoms with Crippen LogP contribution in [0.1, 0.15) is 23.0 Å². The van der Waals surface area contributed by atoms with Crippen molar-refractivity contribution in [2.24, 2.45) is 0 Å². The molecule has 0 radical (unpaired) electrons. The van der Waals surface area contributed by atoms with Crippen molar-refractivity contribution in [3.63, 3.8) is 0 Å². The van der Waals surface area contributed by atoms with E-state index in [0.717, 1.165) is 24.0 Å². The van der Waals surface area contributed by atoms with Gasteiger partial charge in [0, 0.05) is 37.9 Å². The third kappa shape index (κ3) is 3.44. The third-order valence-electron chi connectivity index (χ3n) is 4.45.